The first-order valence-corrected chi connectivity index (χ1v) is 8.07. The van der Waals surface area contributed by atoms with Gasteiger partial charge in [0.1, 0.15) is 0 Å². The van der Waals surface area contributed by atoms with Gasteiger partial charge in [-0.3, -0.25) is 9.59 Å². The van der Waals surface area contributed by atoms with E-state index in [0.29, 0.717) is 12.1 Å². The third-order valence-corrected chi connectivity index (χ3v) is 4.12. The van der Waals surface area contributed by atoms with E-state index in [9.17, 15) is 9.59 Å². The van der Waals surface area contributed by atoms with Gasteiger partial charge in [-0.05, 0) is 36.8 Å². The van der Waals surface area contributed by atoms with E-state index in [1.165, 1.54) is 0 Å². The van der Waals surface area contributed by atoms with E-state index in [1.54, 1.807) is 12.1 Å². The van der Waals surface area contributed by atoms with Crippen LogP contribution in [0.5, 0.6) is 0 Å². The third kappa shape index (κ3) is 4.00. The Labute approximate surface area is 141 Å². The molecule has 3 N–H and O–H groups in total. The zero-order valence-electron chi connectivity index (χ0n) is 13.6. The minimum atomic E-state index is -0.142. The standard InChI is InChI=1S/C19H21N3O2/c1-13-5-7-15(8-6-13)19(24)22-17-4-2-3-14(9-17)10-21-18(23)16-11-20-12-16/h2-9,16,20H,10-12H2,1H3,(H,21,23)(H,22,24). The molecule has 0 radical (unpaired) electrons. The van der Waals surface area contributed by atoms with Crippen LogP contribution in [-0.2, 0) is 11.3 Å². The van der Waals surface area contributed by atoms with Crippen LogP contribution in [0.15, 0.2) is 48.5 Å². The van der Waals surface area contributed by atoms with Gasteiger partial charge in [0.2, 0.25) is 5.91 Å². The first kappa shape index (κ1) is 16.2. The van der Waals surface area contributed by atoms with Crippen LogP contribution in [0.1, 0.15) is 21.5 Å². The molecule has 2 amide bonds. The van der Waals surface area contributed by atoms with Gasteiger partial charge in [-0.1, -0.05) is 29.8 Å². The number of carbonyl (C=O) groups excluding carboxylic acids is 2. The fraction of sp³-hybridized carbons (Fsp3) is 0.263. The number of benzene rings is 2. The van der Waals surface area contributed by atoms with E-state index in [0.717, 1.165) is 29.9 Å². The summed E-state index contributed by atoms with van der Waals surface area (Å²) in [5.74, 6) is 0.00833. The zero-order chi connectivity index (χ0) is 16.9. The second-order valence-corrected chi connectivity index (χ2v) is 6.09. The quantitative estimate of drug-likeness (QED) is 0.789. The molecule has 3 rings (SSSR count). The number of hydrogen-bond acceptors (Lipinski definition) is 3. The fourth-order valence-corrected chi connectivity index (χ4v) is 2.47. The Hall–Kier alpha value is -2.66. The average molecular weight is 323 g/mol. The number of aryl methyl sites for hydroxylation is 1. The van der Waals surface area contributed by atoms with Crippen LogP contribution in [0.2, 0.25) is 0 Å². The maximum atomic E-state index is 12.3. The maximum Gasteiger partial charge on any atom is 0.255 e. The molecule has 0 spiro atoms. The van der Waals surface area contributed by atoms with Gasteiger partial charge in [-0.15, -0.1) is 0 Å². The number of amides is 2. The summed E-state index contributed by atoms with van der Waals surface area (Å²) in [6, 6.07) is 15.0. The lowest BCUT2D eigenvalue weighted by atomic mass is 10.0. The molecule has 0 bridgehead atoms. The molecule has 1 fully saturated rings. The van der Waals surface area contributed by atoms with Crippen molar-refractivity contribution in [2.45, 2.75) is 13.5 Å². The molecule has 124 valence electrons. The highest BCUT2D eigenvalue weighted by Gasteiger charge is 2.24. The molecule has 0 aliphatic carbocycles. The highest BCUT2D eigenvalue weighted by Crippen LogP contribution is 2.13. The fourth-order valence-electron chi connectivity index (χ4n) is 2.47. The van der Waals surface area contributed by atoms with Gasteiger partial charge in [0.05, 0.1) is 5.92 Å². The largest absolute Gasteiger partial charge is 0.352 e. The molecule has 0 saturated carbocycles. The highest BCUT2D eigenvalue weighted by atomic mass is 16.2. The van der Waals surface area contributed by atoms with E-state index in [1.807, 2.05) is 43.3 Å². The summed E-state index contributed by atoms with van der Waals surface area (Å²) in [4.78, 5) is 24.1. The molecule has 5 nitrogen and oxygen atoms in total. The van der Waals surface area contributed by atoms with E-state index < -0.39 is 0 Å². The summed E-state index contributed by atoms with van der Waals surface area (Å²) in [5, 5.41) is 8.90. The van der Waals surface area contributed by atoms with Gasteiger partial charge in [0, 0.05) is 30.9 Å². The van der Waals surface area contributed by atoms with Crippen molar-refractivity contribution in [2.75, 3.05) is 18.4 Å². The highest BCUT2D eigenvalue weighted by molar-refractivity contribution is 6.04. The van der Waals surface area contributed by atoms with E-state index >= 15 is 0 Å². The van der Waals surface area contributed by atoms with E-state index in [4.69, 9.17) is 0 Å². The van der Waals surface area contributed by atoms with Gasteiger partial charge in [-0.25, -0.2) is 0 Å². The van der Waals surface area contributed by atoms with Crippen LogP contribution in [-0.4, -0.2) is 24.9 Å². The molecule has 2 aromatic carbocycles. The third-order valence-electron chi connectivity index (χ3n) is 4.12. The van der Waals surface area contributed by atoms with Crippen molar-refractivity contribution >= 4 is 17.5 Å². The van der Waals surface area contributed by atoms with Crippen molar-refractivity contribution in [3.8, 4) is 0 Å². The zero-order valence-corrected chi connectivity index (χ0v) is 13.6. The molecule has 0 unspecified atom stereocenters. The summed E-state index contributed by atoms with van der Waals surface area (Å²) in [7, 11) is 0. The molecule has 1 aliphatic heterocycles. The van der Waals surface area contributed by atoms with E-state index in [2.05, 4.69) is 16.0 Å². The van der Waals surface area contributed by atoms with Gasteiger partial charge in [0.25, 0.3) is 5.91 Å². The summed E-state index contributed by atoms with van der Waals surface area (Å²) in [6.07, 6.45) is 0. The summed E-state index contributed by atoms with van der Waals surface area (Å²) in [5.41, 5.74) is 3.41. The van der Waals surface area contributed by atoms with Crippen LogP contribution in [0.3, 0.4) is 0 Å². The SMILES string of the molecule is Cc1ccc(C(=O)Nc2cccc(CNC(=O)C3CNC3)c2)cc1. The number of hydrogen-bond donors (Lipinski definition) is 3. The van der Waals surface area contributed by atoms with Crippen LogP contribution in [0.25, 0.3) is 0 Å². The van der Waals surface area contributed by atoms with Gasteiger partial charge in [0.15, 0.2) is 0 Å². The van der Waals surface area contributed by atoms with Crippen LogP contribution >= 0.6 is 0 Å². The number of nitrogens with one attached hydrogen (secondary N) is 3. The van der Waals surface area contributed by atoms with Crippen molar-refractivity contribution in [1.29, 1.82) is 0 Å². The van der Waals surface area contributed by atoms with E-state index in [-0.39, 0.29) is 17.7 Å². The van der Waals surface area contributed by atoms with Crippen LogP contribution in [0, 0.1) is 12.8 Å². The first-order chi connectivity index (χ1) is 11.6. The van der Waals surface area contributed by atoms with Crippen molar-refractivity contribution < 1.29 is 9.59 Å². The lowest BCUT2D eigenvalue weighted by Gasteiger charge is -2.25. The smallest absolute Gasteiger partial charge is 0.255 e. The molecule has 0 aromatic heterocycles. The van der Waals surface area contributed by atoms with Crippen molar-refractivity contribution in [1.82, 2.24) is 10.6 Å². The normalized spacial score (nSPS) is 13.9. The lowest BCUT2D eigenvalue weighted by molar-refractivity contribution is -0.126. The molecule has 5 heteroatoms. The molecule has 24 heavy (non-hydrogen) atoms. The Balaban J connectivity index is 1.59. The Morgan fingerprint density at radius 1 is 1.12 bits per heavy atom. The second-order valence-electron chi connectivity index (χ2n) is 6.09. The Morgan fingerprint density at radius 2 is 1.88 bits per heavy atom. The van der Waals surface area contributed by atoms with Crippen molar-refractivity contribution in [3.05, 3.63) is 65.2 Å². The van der Waals surface area contributed by atoms with Gasteiger partial charge in [-0.2, -0.15) is 0 Å². The number of anilines is 1. The minimum absolute atomic E-state index is 0.0721. The molecular formula is C19H21N3O2. The monoisotopic (exact) mass is 323 g/mol. The molecule has 2 aromatic rings. The molecule has 1 saturated heterocycles. The average Bonchev–Trinajstić information content (AvgIpc) is 2.52. The Kier molecular flexibility index (Phi) is 4.91. The van der Waals surface area contributed by atoms with Crippen LogP contribution < -0.4 is 16.0 Å². The summed E-state index contributed by atoms with van der Waals surface area (Å²) < 4.78 is 0. The van der Waals surface area contributed by atoms with Crippen molar-refractivity contribution in [3.63, 3.8) is 0 Å². The Bertz CT molecular complexity index is 737. The first-order valence-electron chi connectivity index (χ1n) is 8.07. The van der Waals surface area contributed by atoms with Crippen molar-refractivity contribution in [2.24, 2.45) is 5.92 Å². The number of rotatable bonds is 5. The molecular weight excluding hydrogens is 302 g/mol. The molecule has 1 aliphatic rings. The predicted molar refractivity (Wildman–Crippen MR) is 93.8 cm³/mol. The minimum Gasteiger partial charge on any atom is -0.352 e. The second kappa shape index (κ2) is 7.27. The molecule has 0 atom stereocenters. The van der Waals surface area contributed by atoms with Gasteiger partial charge < -0.3 is 16.0 Å². The maximum absolute atomic E-state index is 12.3. The number of carbonyl (C=O) groups is 2. The Morgan fingerprint density at radius 3 is 2.54 bits per heavy atom. The lowest BCUT2D eigenvalue weighted by Crippen LogP contribution is -2.50. The van der Waals surface area contributed by atoms with Gasteiger partial charge >= 0.3 is 0 Å². The van der Waals surface area contributed by atoms with Crippen LogP contribution in [0.4, 0.5) is 5.69 Å². The summed E-state index contributed by atoms with van der Waals surface area (Å²) >= 11 is 0. The predicted octanol–water partition coefficient (Wildman–Crippen LogP) is 2.08. The summed E-state index contributed by atoms with van der Waals surface area (Å²) in [6.45, 7) is 3.94. The molecule has 1 heterocycles. The topological polar surface area (TPSA) is 70.2 Å².